The van der Waals surface area contributed by atoms with Gasteiger partial charge in [-0.25, -0.2) is 0 Å². The van der Waals surface area contributed by atoms with Gasteiger partial charge >= 0.3 is 0 Å². The summed E-state index contributed by atoms with van der Waals surface area (Å²) in [5, 5.41) is 9.07. The van der Waals surface area contributed by atoms with Crippen LogP contribution >= 0.6 is 0 Å². The summed E-state index contributed by atoms with van der Waals surface area (Å²) in [7, 11) is 3.25. The van der Waals surface area contributed by atoms with Crippen molar-refractivity contribution in [2.75, 3.05) is 14.2 Å². The van der Waals surface area contributed by atoms with Crippen LogP contribution in [0.3, 0.4) is 0 Å². The fraction of sp³-hybridized carbons (Fsp3) is 0.417. The first-order chi connectivity index (χ1) is 7.02. The van der Waals surface area contributed by atoms with Crippen LogP contribution in [0.25, 0.3) is 0 Å². The molecule has 0 bridgehead atoms. The second-order valence-electron chi connectivity index (χ2n) is 3.48. The number of rotatable bonds is 1. The molecule has 15 heavy (non-hydrogen) atoms. The Bertz CT molecular complexity index is 345. The zero-order valence-corrected chi connectivity index (χ0v) is 9.65. The highest BCUT2D eigenvalue weighted by Gasteiger charge is 1.97. The second-order valence-corrected chi connectivity index (χ2v) is 3.48. The smallest absolute Gasteiger partial charge is 0.220 e. The number of methoxy groups -OCH3 is 1. The van der Waals surface area contributed by atoms with E-state index in [1.54, 1.807) is 26.4 Å². The molecule has 0 aliphatic rings. The Morgan fingerprint density at radius 3 is 2.07 bits per heavy atom. The molecule has 0 unspecified atom stereocenters. The van der Waals surface area contributed by atoms with Gasteiger partial charge in [0.05, 0.1) is 0 Å². The molecule has 1 aromatic carbocycles. The third-order valence-electron chi connectivity index (χ3n) is 1.78. The lowest BCUT2D eigenvalue weighted by molar-refractivity contribution is 0.277. The van der Waals surface area contributed by atoms with Crippen LogP contribution in [-0.4, -0.2) is 19.3 Å². The van der Waals surface area contributed by atoms with Gasteiger partial charge in [-0.3, -0.25) is 4.79 Å². The highest BCUT2D eigenvalue weighted by Crippen LogP contribution is 2.12. The van der Waals surface area contributed by atoms with Gasteiger partial charge in [0.15, 0.2) is 5.75 Å². The van der Waals surface area contributed by atoms with E-state index in [-0.39, 0.29) is 11.2 Å². The molecule has 0 fully saturated rings. The van der Waals surface area contributed by atoms with E-state index in [0.29, 0.717) is 5.92 Å². The lowest BCUT2D eigenvalue weighted by atomic mass is 10.1. The molecule has 1 N–H and O–H groups in total. The third-order valence-corrected chi connectivity index (χ3v) is 1.78. The van der Waals surface area contributed by atoms with Crippen molar-refractivity contribution >= 4 is 0 Å². The maximum Gasteiger partial charge on any atom is 0.220 e. The summed E-state index contributed by atoms with van der Waals surface area (Å²) < 4.78 is 4.25. The minimum Gasteiger partial charge on any atom is -0.504 e. The van der Waals surface area contributed by atoms with E-state index in [1.807, 2.05) is 13.8 Å². The van der Waals surface area contributed by atoms with Gasteiger partial charge in [0.2, 0.25) is 5.43 Å². The number of hydrogen-bond donors (Lipinski definition) is 1. The average molecular weight is 210 g/mol. The molecule has 0 saturated heterocycles. The molecule has 3 nitrogen and oxygen atoms in total. The summed E-state index contributed by atoms with van der Waals surface area (Å²) in [5.41, 5.74) is 0.717. The van der Waals surface area contributed by atoms with Gasteiger partial charge in [-0.15, -0.1) is 0 Å². The SMILES string of the molecule is CC(C)c1ccc(O)c(=O)cc1.COC. The highest BCUT2D eigenvalue weighted by molar-refractivity contribution is 5.25. The van der Waals surface area contributed by atoms with Crippen molar-refractivity contribution in [3.63, 3.8) is 0 Å². The van der Waals surface area contributed by atoms with Gasteiger partial charge in [0.25, 0.3) is 0 Å². The van der Waals surface area contributed by atoms with Gasteiger partial charge in [-0.05, 0) is 23.6 Å². The lowest BCUT2D eigenvalue weighted by Crippen LogP contribution is -1.91. The average Bonchev–Trinajstić information content (AvgIpc) is 2.32. The maximum atomic E-state index is 10.9. The normalized spacial score (nSPS) is 9.40. The summed E-state index contributed by atoms with van der Waals surface area (Å²) in [6.45, 7) is 4.08. The Morgan fingerprint density at radius 2 is 1.60 bits per heavy atom. The summed E-state index contributed by atoms with van der Waals surface area (Å²) in [6.07, 6.45) is 0. The first-order valence-electron chi connectivity index (χ1n) is 4.76. The monoisotopic (exact) mass is 210 g/mol. The zero-order valence-electron chi connectivity index (χ0n) is 9.65. The van der Waals surface area contributed by atoms with Crippen LogP contribution in [-0.2, 0) is 4.74 Å². The fourth-order valence-corrected chi connectivity index (χ4v) is 0.955. The van der Waals surface area contributed by atoms with E-state index in [2.05, 4.69) is 4.74 Å². The molecular weight excluding hydrogens is 192 g/mol. The van der Waals surface area contributed by atoms with E-state index in [9.17, 15) is 4.79 Å². The maximum absolute atomic E-state index is 10.9. The molecule has 0 aromatic heterocycles. The van der Waals surface area contributed by atoms with Crippen LogP contribution < -0.4 is 5.43 Å². The molecule has 0 aliphatic carbocycles. The zero-order chi connectivity index (χ0) is 11.8. The molecule has 0 atom stereocenters. The molecular formula is C12H18O3. The van der Waals surface area contributed by atoms with Gasteiger partial charge in [0, 0.05) is 14.2 Å². The van der Waals surface area contributed by atoms with Gasteiger partial charge < -0.3 is 9.84 Å². The molecule has 0 saturated carbocycles. The van der Waals surface area contributed by atoms with Crippen LogP contribution in [0, 0.1) is 0 Å². The van der Waals surface area contributed by atoms with Crippen molar-refractivity contribution in [3.8, 4) is 5.75 Å². The number of ether oxygens (including phenoxy) is 1. The van der Waals surface area contributed by atoms with E-state index >= 15 is 0 Å². The Hall–Kier alpha value is -1.35. The van der Waals surface area contributed by atoms with Crippen molar-refractivity contribution in [1.29, 1.82) is 0 Å². The molecule has 1 rings (SSSR count). The van der Waals surface area contributed by atoms with Crippen molar-refractivity contribution in [1.82, 2.24) is 0 Å². The first kappa shape index (κ1) is 13.7. The minimum atomic E-state index is -0.332. The third kappa shape index (κ3) is 5.18. The van der Waals surface area contributed by atoms with E-state index in [4.69, 9.17) is 5.11 Å². The van der Waals surface area contributed by atoms with E-state index in [1.165, 1.54) is 12.1 Å². The predicted octanol–water partition coefficient (Wildman–Crippen LogP) is 2.14. The topological polar surface area (TPSA) is 46.5 Å². The first-order valence-corrected chi connectivity index (χ1v) is 4.76. The van der Waals surface area contributed by atoms with Crippen molar-refractivity contribution < 1.29 is 9.84 Å². The van der Waals surface area contributed by atoms with Crippen molar-refractivity contribution in [2.24, 2.45) is 0 Å². The molecule has 1 aromatic rings. The molecule has 0 amide bonds. The highest BCUT2D eigenvalue weighted by atomic mass is 16.4. The van der Waals surface area contributed by atoms with Gasteiger partial charge in [-0.1, -0.05) is 26.0 Å². The Labute approximate surface area is 90.3 Å². The van der Waals surface area contributed by atoms with Crippen LogP contribution in [0.5, 0.6) is 5.75 Å². The molecule has 84 valence electrons. The summed E-state index contributed by atoms with van der Waals surface area (Å²) >= 11 is 0. The number of aromatic hydroxyl groups is 1. The standard InChI is InChI=1S/C10H12O2.C2H6O/c1-7(2)8-3-5-9(11)10(12)6-4-8;1-3-2/h3-7H,1-2H3,(H,11,12);1-2H3. The molecule has 0 spiro atoms. The van der Waals surface area contributed by atoms with Crippen molar-refractivity contribution in [3.05, 3.63) is 40.1 Å². The predicted molar refractivity (Wildman–Crippen MR) is 61.4 cm³/mol. The van der Waals surface area contributed by atoms with Crippen LogP contribution in [0.1, 0.15) is 25.3 Å². The summed E-state index contributed by atoms with van der Waals surface area (Å²) in [5.74, 6) is 0.179. The molecule has 0 aliphatic heterocycles. The van der Waals surface area contributed by atoms with E-state index < -0.39 is 0 Å². The lowest BCUT2D eigenvalue weighted by Gasteiger charge is -1.99. The molecule has 0 radical (unpaired) electrons. The Morgan fingerprint density at radius 1 is 1.13 bits per heavy atom. The Balaban J connectivity index is 0.000000583. The van der Waals surface area contributed by atoms with Crippen LogP contribution in [0.4, 0.5) is 0 Å². The van der Waals surface area contributed by atoms with Gasteiger partial charge in [0.1, 0.15) is 0 Å². The molecule has 3 heteroatoms. The molecule has 0 heterocycles. The van der Waals surface area contributed by atoms with Crippen LogP contribution in [0.15, 0.2) is 29.1 Å². The minimum absolute atomic E-state index is 0.193. The van der Waals surface area contributed by atoms with Crippen LogP contribution in [0.2, 0.25) is 0 Å². The second kappa shape index (κ2) is 7.01. The summed E-state index contributed by atoms with van der Waals surface area (Å²) in [4.78, 5) is 10.9. The summed E-state index contributed by atoms with van der Waals surface area (Å²) in [6, 6.07) is 6.34. The Kier molecular flexibility index (Phi) is 6.38. The number of hydrogen-bond acceptors (Lipinski definition) is 3. The van der Waals surface area contributed by atoms with E-state index in [0.717, 1.165) is 5.56 Å². The largest absolute Gasteiger partial charge is 0.504 e. The quantitative estimate of drug-likeness (QED) is 0.772. The fourth-order valence-electron chi connectivity index (χ4n) is 0.955. The van der Waals surface area contributed by atoms with Gasteiger partial charge in [-0.2, -0.15) is 0 Å². The van der Waals surface area contributed by atoms with Crippen molar-refractivity contribution in [2.45, 2.75) is 19.8 Å².